The van der Waals surface area contributed by atoms with E-state index in [2.05, 4.69) is 5.32 Å². The van der Waals surface area contributed by atoms with Gasteiger partial charge in [0.2, 0.25) is 0 Å². The maximum absolute atomic E-state index is 12.1. The number of carbonyl (C=O) groups excluding carboxylic acids is 1. The summed E-state index contributed by atoms with van der Waals surface area (Å²) in [5.41, 5.74) is 0.116. The van der Waals surface area contributed by atoms with Crippen molar-refractivity contribution < 1.29 is 14.8 Å². The molecule has 20 heavy (non-hydrogen) atoms. The van der Waals surface area contributed by atoms with Gasteiger partial charge in [-0.05, 0) is 31.4 Å². The SMILES string of the molecule is Cc1cc([N+](=O)[O-])ccc1C(=O)NCC1(O)CCCC1. The van der Waals surface area contributed by atoms with Crippen LogP contribution in [0.2, 0.25) is 0 Å². The van der Waals surface area contributed by atoms with E-state index in [0.717, 1.165) is 12.8 Å². The third-order valence-corrected chi connectivity index (χ3v) is 3.78. The second kappa shape index (κ2) is 5.58. The van der Waals surface area contributed by atoms with Crippen molar-refractivity contribution in [1.29, 1.82) is 0 Å². The van der Waals surface area contributed by atoms with Gasteiger partial charge < -0.3 is 10.4 Å². The molecule has 0 radical (unpaired) electrons. The first-order valence-corrected chi connectivity index (χ1v) is 6.67. The number of nitrogens with zero attached hydrogens (tertiary/aromatic N) is 1. The Hall–Kier alpha value is -1.95. The quantitative estimate of drug-likeness (QED) is 0.650. The van der Waals surface area contributed by atoms with Gasteiger partial charge in [-0.3, -0.25) is 14.9 Å². The van der Waals surface area contributed by atoms with Gasteiger partial charge in [-0.15, -0.1) is 0 Å². The minimum absolute atomic E-state index is 0.0338. The molecule has 1 aromatic rings. The van der Waals surface area contributed by atoms with Gasteiger partial charge in [-0.1, -0.05) is 12.8 Å². The van der Waals surface area contributed by atoms with E-state index in [1.165, 1.54) is 18.2 Å². The second-order valence-corrected chi connectivity index (χ2v) is 5.37. The van der Waals surface area contributed by atoms with Crippen LogP contribution in [0.5, 0.6) is 0 Å². The lowest BCUT2D eigenvalue weighted by Crippen LogP contribution is -2.40. The highest BCUT2D eigenvalue weighted by atomic mass is 16.6. The minimum atomic E-state index is -0.801. The van der Waals surface area contributed by atoms with Crippen LogP contribution < -0.4 is 5.32 Å². The summed E-state index contributed by atoms with van der Waals surface area (Å²) in [7, 11) is 0. The Kier molecular flexibility index (Phi) is 4.04. The summed E-state index contributed by atoms with van der Waals surface area (Å²) in [5, 5.41) is 23.5. The lowest BCUT2D eigenvalue weighted by Gasteiger charge is -2.22. The summed E-state index contributed by atoms with van der Waals surface area (Å²) < 4.78 is 0. The Morgan fingerprint density at radius 2 is 2.10 bits per heavy atom. The molecule has 1 aliphatic carbocycles. The summed E-state index contributed by atoms with van der Waals surface area (Å²) in [6.07, 6.45) is 3.35. The monoisotopic (exact) mass is 278 g/mol. The zero-order valence-corrected chi connectivity index (χ0v) is 11.4. The number of hydrogen-bond donors (Lipinski definition) is 2. The van der Waals surface area contributed by atoms with Crippen molar-refractivity contribution in [3.05, 3.63) is 39.4 Å². The number of nitro groups is 1. The number of amides is 1. The van der Waals surface area contributed by atoms with Crippen LogP contribution in [0.4, 0.5) is 5.69 Å². The van der Waals surface area contributed by atoms with Crippen LogP contribution in [0.3, 0.4) is 0 Å². The maximum atomic E-state index is 12.1. The smallest absolute Gasteiger partial charge is 0.269 e. The molecule has 0 unspecified atom stereocenters. The van der Waals surface area contributed by atoms with E-state index in [9.17, 15) is 20.0 Å². The lowest BCUT2D eigenvalue weighted by molar-refractivity contribution is -0.384. The van der Waals surface area contributed by atoms with Gasteiger partial charge in [0.1, 0.15) is 0 Å². The first kappa shape index (κ1) is 14.5. The maximum Gasteiger partial charge on any atom is 0.269 e. The van der Waals surface area contributed by atoms with Crippen molar-refractivity contribution in [2.24, 2.45) is 0 Å². The van der Waals surface area contributed by atoms with E-state index in [1.807, 2.05) is 0 Å². The molecule has 1 fully saturated rings. The molecule has 2 rings (SSSR count). The van der Waals surface area contributed by atoms with Gasteiger partial charge >= 0.3 is 0 Å². The standard InChI is InChI=1S/C14H18N2O4/c1-10-8-11(16(19)20)4-5-12(10)13(17)15-9-14(18)6-2-3-7-14/h4-5,8,18H,2-3,6-7,9H2,1H3,(H,15,17). The molecule has 0 aromatic heterocycles. The fraction of sp³-hybridized carbons (Fsp3) is 0.500. The molecule has 108 valence electrons. The van der Waals surface area contributed by atoms with Gasteiger partial charge in [0, 0.05) is 24.2 Å². The van der Waals surface area contributed by atoms with E-state index < -0.39 is 10.5 Å². The minimum Gasteiger partial charge on any atom is -0.388 e. The molecule has 1 aromatic carbocycles. The molecule has 1 amide bonds. The van der Waals surface area contributed by atoms with Gasteiger partial charge in [0.15, 0.2) is 0 Å². The number of aliphatic hydroxyl groups is 1. The summed E-state index contributed by atoms with van der Waals surface area (Å²) in [4.78, 5) is 22.2. The molecule has 0 spiro atoms. The molecule has 6 heteroatoms. The predicted octanol–water partition coefficient (Wildman–Crippen LogP) is 1.94. The van der Waals surface area contributed by atoms with Crippen molar-refractivity contribution in [1.82, 2.24) is 5.32 Å². The molecular formula is C14H18N2O4. The normalized spacial score (nSPS) is 16.9. The van der Waals surface area contributed by atoms with Gasteiger partial charge in [0.25, 0.3) is 11.6 Å². The number of non-ortho nitro benzene ring substituents is 1. The highest BCUT2D eigenvalue weighted by Gasteiger charge is 2.31. The Bertz CT molecular complexity index is 536. The third kappa shape index (κ3) is 3.14. The second-order valence-electron chi connectivity index (χ2n) is 5.37. The number of aryl methyl sites for hydroxylation is 1. The number of benzene rings is 1. The Balaban J connectivity index is 2.04. The number of nitrogens with one attached hydrogen (secondary N) is 1. The van der Waals surface area contributed by atoms with E-state index >= 15 is 0 Å². The molecular weight excluding hydrogens is 260 g/mol. The van der Waals surface area contributed by atoms with Crippen molar-refractivity contribution in [3.63, 3.8) is 0 Å². The average Bonchev–Trinajstić information content (AvgIpc) is 2.83. The van der Waals surface area contributed by atoms with Gasteiger partial charge in [-0.2, -0.15) is 0 Å². The van der Waals surface area contributed by atoms with Gasteiger partial charge in [0.05, 0.1) is 10.5 Å². The van der Waals surface area contributed by atoms with E-state index in [1.54, 1.807) is 6.92 Å². The zero-order valence-electron chi connectivity index (χ0n) is 11.4. The van der Waals surface area contributed by atoms with Crippen molar-refractivity contribution >= 4 is 11.6 Å². The van der Waals surface area contributed by atoms with E-state index in [-0.39, 0.29) is 18.1 Å². The average molecular weight is 278 g/mol. The third-order valence-electron chi connectivity index (χ3n) is 3.78. The van der Waals surface area contributed by atoms with Crippen LogP contribution >= 0.6 is 0 Å². The molecule has 0 heterocycles. The van der Waals surface area contributed by atoms with E-state index in [4.69, 9.17) is 0 Å². The summed E-state index contributed by atoms with van der Waals surface area (Å²) in [5.74, 6) is -0.308. The fourth-order valence-electron chi connectivity index (χ4n) is 2.57. The van der Waals surface area contributed by atoms with Crippen molar-refractivity contribution in [2.75, 3.05) is 6.54 Å². The highest BCUT2D eigenvalue weighted by Crippen LogP contribution is 2.28. The molecule has 1 saturated carbocycles. The number of nitro benzene ring substituents is 1. The summed E-state index contributed by atoms with van der Waals surface area (Å²) in [6, 6.07) is 4.13. The molecule has 1 aliphatic rings. The van der Waals surface area contributed by atoms with Gasteiger partial charge in [-0.25, -0.2) is 0 Å². The summed E-state index contributed by atoms with van der Waals surface area (Å²) in [6.45, 7) is 1.88. The number of carbonyl (C=O) groups is 1. The lowest BCUT2D eigenvalue weighted by atomic mass is 10.0. The van der Waals surface area contributed by atoms with Crippen LogP contribution in [-0.2, 0) is 0 Å². The molecule has 2 N–H and O–H groups in total. The topological polar surface area (TPSA) is 92.5 Å². The first-order valence-electron chi connectivity index (χ1n) is 6.67. The van der Waals surface area contributed by atoms with Crippen molar-refractivity contribution in [2.45, 2.75) is 38.2 Å². The van der Waals surface area contributed by atoms with E-state index in [0.29, 0.717) is 24.0 Å². The Morgan fingerprint density at radius 1 is 1.45 bits per heavy atom. The zero-order chi connectivity index (χ0) is 14.8. The molecule has 0 saturated heterocycles. The van der Waals surface area contributed by atoms with Crippen LogP contribution in [0.1, 0.15) is 41.6 Å². The summed E-state index contributed by atoms with van der Waals surface area (Å²) >= 11 is 0. The largest absolute Gasteiger partial charge is 0.388 e. The Morgan fingerprint density at radius 3 is 2.65 bits per heavy atom. The predicted molar refractivity (Wildman–Crippen MR) is 73.6 cm³/mol. The molecule has 0 aliphatic heterocycles. The number of hydrogen-bond acceptors (Lipinski definition) is 4. The number of rotatable bonds is 4. The van der Waals surface area contributed by atoms with Crippen LogP contribution in [0, 0.1) is 17.0 Å². The van der Waals surface area contributed by atoms with Crippen molar-refractivity contribution in [3.8, 4) is 0 Å². The first-order chi connectivity index (χ1) is 9.41. The molecule has 6 nitrogen and oxygen atoms in total. The molecule has 0 bridgehead atoms. The fourth-order valence-corrected chi connectivity index (χ4v) is 2.57. The van der Waals surface area contributed by atoms with Crippen LogP contribution in [0.15, 0.2) is 18.2 Å². The Labute approximate surface area is 117 Å². The highest BCUT2D eigenvalue weighted by molar-refractivity contribution is 5.95. The molecule has 0 atom stereocenters. The van der Waals surface area contributed by atoms with Crippen LogP contribution in [0.25, 0.3) is 0 Å². The van der Waals surface area contributed by atoms with Crippen LogP contribution in [-0.4, -0.2) is 28.1 Å².